The highest BCUT2D eigenvalue weighted by Gasteiger charge is 2.19. The number of hydrogen-bond donors (Lipinski definition) is 1. The number of rotatable bonds is 3. The largest absolute Gasteiger partial charge is 0.333 e. The lowest BCUT2D eigenvalue weighted by molar-refractivity contribution is 0.0560. The van der Waals surface area contributed by atoms with Crippen molar-refractivity contribution in [3.63, 3.8) is 0 Å². The van der Waals surface area contributed by atoms with Gasteiger partial charge in [-0.2, -0.15) is 19.1 Å². The zero-order chi connectivity index (χ0) is 13.1. The van der Waals surface area contributed by atoms with E-state index in [1.807, 2.05) is 6.07 Å². The highest BCUT2D eigenvalue weighted by atomic mass is 19.3. The minimum Gasteiger partial charge on any atom is -0.323 e. The molecule has 0 spiro atoms. The number of carbonyl (C=O) groups excluding carboxylic acids is 1. The highest BCUT2D eigenvalue weighted by Crippen LogP contribution is 2.23. The van der Waals surface area contributed by atoms with Gasteiger partial charge in [0, 0.05) is 17.5 Å². The number of hydrogen-bond acceptors (Lipinski definition) is 3. The van der Waals surface area contributed by atoms with Gasteiger partial charge in [0.2, 0.25) is 0 Å². The van der Waals surface area contributed by atoms with Gasteiger partial charge in [0.1, 0.15) is 0 Å². The van der Waals surface area contributed by atoms with Crippen LogP contribution < -0.4 is 5.32 Å². The van der Waals surface area contributed by atoms with E-state index in [0.717, 1.165) is 12.6 Å². The molecule has 1 aliphatic rings. The van der Waals surface area contributed by atoms with Gasteiger partial charge in [-0.3, -0.25) is 4.79 Å². The lowest BCUT2D eigenvalue weighted by atomic mass is 10.2. The van der Waals surface area contributed by atoms with Crippen molar-refractivity contribution in [1.29, 1.82) is 5.26 Å². The van der Waals surface area contributed by atoms with Gasteiger partial charge in [-0.25, -0.2) is 4.68 Å². The molecular formula is C11H10F2N4O. The standard InChI is InChI=1S/C11H10F2N4O/c12-11(13)17-5-4-9(16-17)10(18)15-8-3-1-2-7(8)6-14/h4-5,11H,1-3H2,(H,15,18). The van der Waals surface area contributed by atoms with Crippen LogP contribution in [0.25, 0.3) is 0 Å². The normalized spacial score (nSPS) is 15.0. The molecular weight excluding hydrogens is 242 g/mol. The second-order valence-corrected chi connectivity index (χ2v) is 3.84. The van der Waals surface area contributed by atoms with Gasteiger partial charge in [0.05, 0.1) is 6.07 Å². The zero-order valence-electron chi connectivity index (χ0n) is 9.36. The first-order chi connectivity index (χ1) is 8.61. The fourth-order valence-electron chi connectivity index (χ4n) is 1.77. The predicted octanol–water partition coefficient (Wildman–Crippen LogP) is 1.97. The van der Waals surface area contributed by atoms with E-state index < -0.39 is 12.5 Å². The van der Waals surface area contributed by atoms with Crippen LogP contribution in [0, 0.1) is 11.3 Å². The van der Waals surface area contributed by atoms with Crippen molar-refractivity contribution in [2.24, 2.45) is 0 Å². The second-order valence-electron chi connectivity index (χ2n) is 3.84. The number of alkyl halides is 2. The van der Waals surface area contributed by atoms with Gasteiger partial charge in [-0.05, 0) is 25.3 Å². The predicted molar refractivity (Wildman–Crippen MR) is 57.4 cm³/mol. The monoisotopic (exact) mass is 252 g/mol. The summed E-state index contributed by atoms with van der Waals surface area (Å²) >= 11 is 0. The average molecular weight is 252 g/mol. The van der Waals surface area contributed by atoms with Crippen LogP contribution in [0.1, 0.15) is 36.3 Å². The second kappa shape index (κ2) is 4.96. The Morgan fingerprint density at radius 3 is 2.94 bits per heavy atom. The van der Waals surface area contributed by atoms with Crippen molar-refractivity contribution in [2.45, 2.75) is 25.8 Å². The molecule has 0 unspecified atom stereocenters. The van der Waals surface area contributed by atoms with Crippen molar-refractivity contribution in [3.8, 4) is 6.07 Å². The summed E-state index contributed by atoms with van der Waals surface area (Å²) in [6.07, 6.45) is 3.10. The maximum Gasteiger partial charge on any atom is 0.333 e. The number of carbonyl (C=O) groups is 1. The number of aromatic nitrogens is 2. The molecule has 1 N–H and O–H groups in total. The third-order valence-corrected chi connectivity index (χ3v) is 2.66. The summed E-state index contributed by atoms with van der Waals surface area (Å²) in [5.74, 6) is -0.570. The van der Waals surface area contributed by atoms with Gasteiger partial charge < -0.3 is 5.32 Å². The lowest BCUT2D eigenvalue weighted by Gasteiger charge is -2.04. The third-order valence-electron chi connectivity index (χ3n) is 2.66. The van der Waals surface area contributed by atoms with Gasteiger partial charge in [-0.1, -0.05) is 0 Å². The summed E-state index contributed by atoms with van der Waals surface area (Å²) in [5, 5.41) is 14.8. The molecule has 0 radical (unpaired) electrons. The smallest absolute Gasteiger partial charge is 0.323 e. The Bertz CT molecular complexity index is 541. The van der Waals surface area contributed by atoms with Crippen LogP contribution in [-0.4, -0.2) is 15.7 Å². The zero-order valence-corrected chi connectivity index (χ0v) is 9.36. The van der Waals surface area contributed by atoms with E-state index in [-0.39, 0.29) is 5.69 Å². The molecule has 0 bridgehead atoms. The summed E-state index contributed by atoms with van der Waals surface area (Å²) in [6, 6.07) is 3.22. The molecule has 1 aromatic rings. The van der Waals surface area contributed by atoms with Crippen molar-refractivity contribution in [3.05, 3.63) is 29.2 Å². The summed E-state index contributed by atoms with van der Waals surface area (Å²) in [6.45, 7) is -2.77. The number of allylic oxidation sites excluding steroid dienone is 2. The van der Waals surface area contributed by atoms with Crippen molar-refractivity contribution in [1.82, 2.24) is 15.1 Å². The fraction of sp³-hybridized carbons (Fsp3) is 0.364. The first-order valence-electron chi connectivity index (χ1n) is 5.38. The molecule has 1 aliphatic carbocycles. The first kappa shape index (κ1) is 12.2. The van der Waals surface area contributed by atoms with Crippen LogP contribution in [0.4, 0.5) is 8.78 Å². The Morgan fingerprint density at radius 1 is 1.56 bits per heavy atom. The van der Waals surface area contributed by atoms with Crippen LogP contribution in [0.2, 0.25) is 0 Å². The Morgan fingerprint density at radius 2 is 2.33 bits per heavy atom. The average Bonchev–Trinajstić information content (AvgIpc) is 2.96. The Balaban J connectivity index is 2.10. The topological polar surface area (TPSA) is 70.7 Å². The fourth-order valence-corrected chi connectivity index (χ4v) is 1.77. The Kier molecular flexibility index (Phi) is 3.37. The van der Waals surface area contributed by atoms with Crippen molar-refractivity contribution in [2.75, 3.05) is 0 Å². The molecule has 1 heterocycles. The first-order valence-corrected chi connectivity index (χ1v) is 5.38. The minimum absolute atomic E-state index is 0.0908. The SMILES string of the molecule is N#CC1=C(NC(=O)c2ccn(C(F)F)n2)CCC1. The molecule has 0 saturated carbocycles. The van der Waals surface area contributed by atoms with Crippen LogP contribution >= 0.6 is 0 Å². The quantitative estimate of drug-likeness (QED) is 0.893. The molecule has 2 rings (SSSR count). The third kappa shape index (κ3) is 2.37. The minimum atomic E-state index is -2.77. The van der Waals surface area contributed by atoms with Gasteiger partial charge in [0.15, 0.2) is 5.69 Å². The van der Waals surface area contributed by atoms with Crippen LogP contribution in [0.5, 0.6) is 0 Å². The Hall–Kier alpha value is -2.23. The molecule has 1 amide bonds. The summed E-state index contributed by atoms with van der Waals surface area (Å²) in [5.41, 5.74) is 1.01. The molecule has 18 heavy (non-hydrogen) atoms. The van der Waals surface area contributed by atoms with Crippen LogP contribution in [-0.2, 0) is 0 Å². The van der Waals surface area contributed by atoms with Gasteiger partial charge in [-0.15, -0.1) is 0 Å². The molecule has 0 aromatic carbocycles. The van der Waals surface area contributed by atoms with E-state index in [1.54, 1.807) is 0 Å². The van der Waals surface area contributed by atoms with E-state index >= 15 is 0 Å². The molecule has 1 aromatic heterocycles. The number of nitrogens with zero attached hydrogens (tertiary/aromatic N) is 3. The molecule has 94 valence electrons. The van der Waals surface area contributed by atoms with Gasteiger partial charge >= 0.3 is 6.55 Å². The number of nitrogens with one attached hydrogen (secondary N) is 1. The summed E-state index contributed by atoms with van der Waals surface area (Å²) < 4.78 is 25.0. The molecule has 5 nitrogen and oxygen atoms in total. The van der Waals surface area contributed by atoms with Crippen LogP contribution in [0.3, 0.4) is 0 Å². The van der Waals surface area contributed by atoms with E-state index in [9.17, 15) is 13.6 Å². The molecule has 0 saturated heterocycles. The van der Waals surface area contributed by atoms with Crippen molar-refractivity contribution < 1.29 is 13.6 Å². The lowest BCUT2D eigenvalue weighted by Crippen LogP contribution is -2.23. The maximum atomic E-state index is 12.3. The maximum absolute atomic E-state index is 12.3. The number of nitriles is 1. The summed E-state index contributed by atoms with van der Waals surface area (Å²) in [7, 11) is 0. The van der Waals surface area contributed by atoms with Crippen LogP contribution in [0.15, 0.2) is 23.5 Å². The van der Waals surface area contributed by atoms with Crippen molar-refractivity contribution >= 4 is 5.91 Å². The number of amides is 1. The molecule has 0 aliphatic heterocycles. The molecule has 0 fully saturated rings. The van der Waals surface area contributed by atoms with E-state index in [4.69, 9.17) is 5.26 Å². The molecule has 0 atom stereocenters. The summed E-state index contributed by atoms with van der Waals surface area (Å²) in [4.78, 5) is 11.7. The van der Waals surface area contributed by atoms with E-state index in [0.29, 0.717) is 28.8 Å². The highest BCUT2D eigenvalue weighted by molar-refractivity contribution is 5.93. The number of halogens is 2. The van der Waals surface area contributed by atoms with E-state index in [1.165, 1.54) is 6.07 Å². The molecule has 7 heteroatoms. The van der Waals surface area contributed by atoms with E-state index in [2.05, 4.69) is 10.4 Å². The Labute approximate surface area is 102 Å². The van der Waals surface area contributed by atoms with Gasteiger partial charge in [0.25, 0.3) is 5.91 Å².